The highest BCUT2D eigenvalue weighted by Gasteiger charge is 2.20. The van der Waals surface area contributed by atoms with Gasteiger partial charge in [-0.05, 0) is 36.4 Å². The largest absolute Gasteiger partial charge is 0.497 e. The molecule has 1 heterocycles. The average molecular weight is 356 g/mol. The molecule has 3 rings (SSSR count). The normalized spacial score (nSPS) is 14.1. The van der Waals surface area contributed by atoms with E-state index < -0.39 is 0 Å². The monoisotopic (exact) mass is 356 g/mol. The van der Waals surface area contributed by atoms with Gasteiger partial charge in [-0.3, -0.25) is 9.59 Å². The Morgan fingerprint density at radius 1 is 1.08 bits per heavy atom. The Labute approximate surface area is 151 Å². The second-order valence-corrected chi connectivity index (χ2v) is 5.70. The van der Waals surface area contributed by atoms with Gasteiger partial charge in [-0.1, -0.05) is 0 Å². The first-order valence-electron chi connectivity index (χ1n) is 8.13. The van der Waals surface area contributed by atoms with Crippen LogP contribution in [-0.2, 0) is 9.53 Å². The fourth-order valence-corrected chi connectivity index (χ4v) is 2.66. The minimum atomic E-state index is -0.280. The Balaban J connectivity index is 1.72. The Morgan fingerprint density at radius 2 is 1.73 bits per heavy atom. The first kappa shape index (κ1) is 17.8. The SMILES string of the molecule is COc1cc(OC)cc(C(=O)Nc2ccc(N3CCOCC3=O)cc2)c1. The molecule has 26 heavy (non-hydrogen) atoms. The van der Waals surface area contributed by atoms with Gasteiger partial charge >= 0.3 is 0 Å². The van der Waals surface area contributed by atoms with Crippen molar-refractivity contribution >= 4 is 23.2 Å². The van der Waals surface area contributed by atoms with Crippen LogP contribution in [0.15, 0.2) is 42.5 Å². The van der Waals surface area contributed by atoms with Crippen LogP contribution in [0.1, 0.15) is 10.4 Å². The number of rotatable bonds is 5. The lowest BCUT2D eigenvalue weighted by Gasteiger charge is -2.26. The Kier molecular flexibility index (Phi) is 5.38. The number of carbonyl (C=O) groups excluding carboxylic acids is 2. The zero-order chi connectivity index (χ0) is 18.5. The molecular weight excluding hydrogens is 336 g/mol. The molecule has 0 aliphatic carbocycles. The first-order valence-corrected chi connectivity index (χ1v) is 8.13. The molecule has 1 N–H and O–H groups in total. The molecule has 0 atom stereocenters. The summed E-state index contributed by atoms with van der Waals surface area (Å²) in [6.45, 7) is 1.13. The second kappa shape index (κ2) is 7.88. The van der Waals surface area contributed by atoms with Crippen molar-refractivity contribution in [3.8, 4) is 11.5 Å². The van der Waals surface area contributed by atoms with Gasteiger partial charge in [0.2, 0.25) is 0 Å². The highest BCUT2D eigenvalue weighted by atomic mass is 16.5. The molecule has 136 valence electrons. The summed E-state index contributed by atoms with van der Waals surface area (Å²) in [6, 6.07) is 12.1. The van der Waals surface area contributed by atoms with Gasteiger partial charge in [0.05, 0.1) is 20.8 Å². The molecule has 1 saturated heterocycles. The molecule has 1 fully saturated rings. The van der Waals surface area contributed by atoms with E-state index in [1.54, 1.807) is 47.4 Å². The molecule has 2 aromatic carbocycles. The number of hydrogen-bond donors (Lipinski definition) is 1. The van der Waals surface area contributed by atoms with Gasteiger partial charge in [-0.15, -0.1) is 0 Å². The molecule has 1 aliphatic rings. The molecule has 0 saturated carbocycles. The van der Waals surface area contributed by atoms with E-state index in [2.05, 4.69) is 5.32 Å². The van der Waals surface area contributed by atoms with Crippen molar-refractivity contribution in [3.63, 3.8) is 0 Å². The Morgan fingerprint density at radius 3 is 2.31 bits per heavy atom. The zero-order valence-electron chi connectivity index (χ0n) is 14.7. The highest BCUT2D eigenvalue weighted by Crippen LogP contribution is 2.24. The summed E-state index contributed by atoms with van der Waals surface area (Å²) < 4.78 is 15.5. The summed E-state index contributed by atoms with van der Waals surface area (Å²) >= 11 is 0. The number of ether oxygens (including phenoxy) is 3. The van der Waals surface area contributed by atoms with Crippen molar-refractivity contribution in [3.05, 3.63) is 48.0 Å². The van der Waals surface area contributed by atoms with E-state index in [9.17, 15) is 9.59 Å². The van der Waals surface area contributed by atoms with Crippen molar-refractivity contribution in [1.82, 2.24) is 0 Å². The molecule has 0 spiro atoms. The lowest BCUT2D eigenvalue weighted by Crippen LogP contribution is -2.41. The van der Waals surface area contributed by atoms with Crippen molar-refractivity contribution < 1.29 is 23.8 Å². The minimum Gasteiger partial charge on any atom is -0.497 e. The topological polar surface area (TPSA) is 77.1 Å². The summed E-state index contributed by atoms with van der Waals surface area (Å²) in [5.74, 6) is 0.722. The molecular formula is C19H20N2O5. The third-order valence-corrected chi connectivity index (χ3v) is 4.04. The maximum atomic E-state index is 12.5. The number of hydrogen-bond acceptors (Lipinski definition) is 5. The van der Waals surface area contributed by atoms with Gasteiger partial charge in [0.15, 0.2) is 0 Å². The average Bonchev–Trinajstić information content (AvgIpc) is 2.68. The summed E-state index contributed by atoms with van der Waals surface area (Å²) in [4.78, 5) is 26.0. The van der Waals surface area contributed by atoms with Gasteiger partial charge < -0.3 is 24.4 Å². The Bertz CT molecular complexity index is 782. The molecule has 7 nitrogen and oxygen atoms in total. The van der Waals surface area contributed by atoms with Crippen LogP contribution in [-0.4, -0.2) is 45.8 Å². The zero-order valence-corrected chi connectivity index (χ0v) is 14.7. The third kappa shape index (κ3) is 3.94. The minimum absolute atomic E-state index is 0.0727. The summed E-state index contributed by atoms with van der Waals surface area (Å²) in [6.07, 6.45) is 0. The second-order valence-electron chi connectivity index (χ2n) is 5.70. The summed E-state index contributed by atoms with van der Waals surface area (Å²) in [5.41, 5.74) is 1.83. The van der Waals surface area contributed by atoms with Crippen LogP contribution in [0.4, 0.5) is 11.4 Å². The molecule has 2 amide bonds. The summed E-state index contributed by atoms with van der Waals surface area (Å²) in [5, 5.41) is 2.82. The molecule has 7 heteroatoms. The number of carbonyl (C=O) groups is 2. The molecule has 0 aromatic heterocycles. The Hall–Kier alpha value is -3.06. The summed E-state index contributed by atoms with van der Waals surface area (Å²) in [7, 11) is 3.06. The van der Waals surface area contributed by atoms with Gasteiger partial charge in [0, 0.05) is 29.5 Å². The first-order chi connectivity index (χ1) is 12.6. The van der Waals surface area contributed by atoms with E-state index in [4.69, 9.17) is 14.2 Å². The number of methoxy groups -OCH3 is 2. The van der Waals surface area contributed by atoms with Crippen molar-refractivity contribution in [2.45, 2.75) is 0 Å². The highest BCUT2D eigenvalue weighted by molar-refractivity contribution is 6.05. The number of nitrogens with zero attached hydrogens (tertiary/aromatic N) is 1. The quantitative estimate of drug-likeness (QED) is 0.890. The lowest BCUT2D eigenvalue weighted by molar-refractivity contribution is -0.125. The van der Waals surface area contributed by atoms with Crippen molar-refractivity contribution in [2.24, 2.45) is 0 Å². The molecule has 0 bridgehead atoms. The number of amides is 2. The van der Waals surface area contributed by atoms with E-state index in [1.165, 1.54) is 14.2 Å². The number of benzene rings is 2. The van der Waals surface area contributed by atoms with Crippen molar-refractivity contribution in [1.29, 1.82) is 0 Å². The predicted octanol–water partition coefficient (Wildman–Crippen LogP) is 2.32. The van der Waals surface area contributed by atoms with Crippen LogP contribution in [0, 0.1) is 0 Å². The van der Waals surface area contributed by atoms with E-state index >= 15 is 0 Å². The molecule has 0 radical (unpaired) electrons. The van der Waals surface area contributed by atoms with Crippen LogP contribution in [0.25, 0.3) is 0 Å². The third-order valence-electron chi connectivity index (χ3n) is 4.04. The smallest absolute Gasteiger partial charge is 0.255 e. The van der Waals surface area contributed by atoms with Crippen LogP contribution in [0.5, 0.6) is 11.5 Å². The van der Waals surface area contributed by atoms with Gasteiger partial charge in [-0.25, -0.2) is 0 Å². The van der Waals surface area contributed by atoms with Gasteiger partial charge in [0.1, 0.15) is 18.1 Å². The van der Waals surface area contributed by atoms with Crippen LogP contribution in [0.2, 0.25) is 0 Å². The van der Waals surface area contributed by atoms with E-state index in [1.807, 2.05) is 0 Å². The van der Waals surface area contributed by atoms with E-state index in [0.717, 1.165) is 5.69 Å². The number of anilines is 2. The van der Waals surface area contributed by atoms with E-state index in [0.29, 0.717) is 35.9 Å². The fourth-order valence-electron chi connectivity index (χ4n) is 2.66. The number of nitrogens with one attached hydrogen (secondary N) is 1. The maximum Gasteiger partial charge on any atom is 0.255 e. The van der Waals surface area contributed by atoms with Crippen LogP contribution in [0.3, 0.4) is 0 Å². The number of morpholine rings is 1. The van der Waals surface area contributed by atoms with Gasteiger partial charge in [-0.2, -0.15) is 0 Å². The molecule has 0 unspecified atom stereocenters. The van der Waals surface area contributed by atoms with Crippen LogP contribution >= 0.6 is 0 Å². The fraction of sp³-hybridized carbons (Fsp3) is 0.263. The predicted molar refractivity (Wildman–Crippen MR) is 97.1 cm³/mol. The van der Waals surface area contributed by atoms with E-state index in [-0.39, 0.29) is 18.4 Å². The standard InChI is InChI=1S/C19H20N2O5/c1-24-16-9-13(10-17(11-16)25-2)19(23)20-14-3-5-15(6-4-14)21-7-8-26-12-18(21)22/h3-6,9-11H,7-8,12H2,1-2H3,(H,20,23). The maximum absolute atomic E-state index is 12.5. The van der Waals surface area contributed by atoms with Crippen LogP contribution < -0.4 is 19.7 Å². The molecule has 1 aliphatic heterocycles. The van der Waals surface area contributed by atoms with Crippen molar-refractivity contribution in [2.75, 3.05) is 44.2 Å². The van der Waals surface area contributed by atoms with Gasteiger partial charge in [0.25, 0.3) is 11.8 Å². The lowest BCUT2D eigenvalue weighted by atomic mass is 10.1. The molecule has 2 aromatic rings.